The van der Waals surface area contributed by atoms with Gasteiger partial charge < -0.3 is 21.3 Å². The Hall–Kier alpha value is -2.55. The van der Waals surface area contributed by atoms with Crippen molar-refractivity contribution in [3.8, 4) is 0 Å². The van der Waals surface area contributed by atoms with Gasteiger partial charge in [-0.15, -0.1) is 0 Å². The Kier molecular flexibility index (Phi) is 5.30. The predicted octanol–water partition coefficient (Wildman–Crippen LogP) is -0.158. The number of thiol groups is 1. The van der Waals surface area contributed by atoms with Crippen LogP contribution in [0.5, 0.6) is 0 Å². The molecule has 2 amide bonds. The smallest absolute Gasteiger partial charge is 0.336 e. The van der Waals surface area contributed by atoms with Gasteiger partial charge in [-0.3, -0.25) is 9.59 Å². The molecule has 0 fully saturated rings. The quantitative estimate of drug-likeness (QED) is 0.461. The van der Waals surface area contributed by atoms with Crippen LogP contribution >= 0.6 is 12.6 Å². The number of benzene rings is 1. The topological polar surface area (TPSA) is 147 Å². The van der Waals surface area contributed by atoms with Crippen LogP contribution in [0.1, 0.15) is 41.4 Å². The Balaban J connectivity index is 3.51. The number of carboxylic acids is 2. The highest BCUT2D eigenvalue weighted by molar-refractivity contribution is 7.80. The summed E-state index contributed by atoms with van der Waals surface area (Å²) in [5.74, 6) is -4.53. The lowest BCUT2D eigenvalue weighted by molar-refractivity contribution is 0.0688. The lowest BCUT2D eigenvalue weighted by Crippen LogP contribution is -2.28. The molecule has 0 atom stereocenters. The van der Waals surface area contributed by atoms with Crippen LogP contribution in [0, 0.1) is 0 Å². The summed E-state index contributed by atoms with van der Waals surface area (Å²) in [7, 11) is 0. The Bertz CT molecular complexity index is 628. The van der Waals surface area contributed by atoms with Crippen LogP contribution in [-0.4, -0.2) is 46.3 Å². The first-order valence-corrected chi connectivity index (χ1v) is 6.26. The van der Waals surface area contributed by atoms with Gasteiger partial charge in [0.25, 0.3) is 5.91 Å². The van der Waals surface area contributed by atoms with Crippen molar-refractivity contribution in [2.45, 2.75) is 0 Å². The molecule has 0 aliphatic heterocycles. The largest absolute Gasteiger partial charge is 0.478 e. The molecule has 1 aromatic rings. The van der Waals surface area contributed by atoms with E-state index in [1.165, 1.54) is 0 Å². The standard InChI is InChI=1S/C12H12N2O6S/c13-9(15)5-3-6(10(16)14-1-2-21)8(12(19)20)4-7(5)11(17)18/h3-4,21H,1-2H2,(H2,13,15)(H,14,16)(H,17,18)(H,19,20). The van der Waals surface area contributed by atoms with E-state index in [2.05, 4.69) is 17.9 Å². The maximum absolute atomic E-state index is 11.9. The third-order valence-electron chi connectivity index (χ3n) is 2.53. The van der Waals surface area contributed by atoms with Gasteiger partial charge in [-0.2, -0.15) is 12.6 Å². The van der Waals surface area contributed by atoms with Crippen LogP contribution in [0.3, 0.4) is 0 Å². The van der Waals surface area contributed by atoms with Gasteiger partial charge >= 0.3 is 11.9 Å². The van der Waals surface area contributed by atoms with Gasteiger partial charge in [0.2, 0.25) is 5.91 Å². The average Bonchev–Trinajstić information content (AvgIpc) is 2.42. The van der Waals surface area contributed by atoms with Gasteiger partial charge in [0.05, 0.1) is 22.3 Å². The number of hydrogen-bond donors (Lipinski definition) is 5. The van der Waals surface area contributed by atoms with E-state index in [0.29, 0.717) is 5.75 Å². The Morgan fingerprint density at radius 3 is 1.90 bits per heavy atom. The van der Waals surface area contributed by atoms with E-state index in [9.17, 15) is 19.2 Å². The molecule has 8 nitrogen and oxygen atoms in total. The van der Waals surface area contributed by atoms with Crippen molar-refractivity contribution in [1.82, 2.24) is 5.32 Å². The molecule has 0 saturated carbocycles. The minimum atomic E-state index is -1.52. The molecule has 5 N–H and O–H groups in total. The number of hydrogen-bond acceptors (Lipinski definition) is 5. The molecule has 0 saturated heterocycles. The van der Waals surface area contributed by atoms with Crippen molar-refractivity contribution in [2.24, 2.45) is 5.73 Å². The summed E-state index contributed by atoms with van der Waals surface area (Å²) < 4.78 is 0. The number of rotatable bonds is 6. The number of nitrogens with one attached hydrogen (secondary N) is 1. The van der Waals surface area contributed by atoms with Crippen LogP contribution in [0.15, 0.2) is 12.1 Å². The summed E-state index contributed by atoms with van der Waals surface area (Å²) >= 11 is 3.89. The minimum absolute atomic E-state index is 0.174. The number of nitrogens with two attached hydrogens (primary N) is 1. The maximum Gasteiger partial charge on any atom is 0.336 e. The van der Waals surface area contributed by atoms with Crippen molar-refractivity contribution >= 4 is 36.4 Å². The summed E-state index contributed by atoms with van der Waals surface area (Å²) in [5.41, 5.74) is 3.16. The molecule has 0 radical (unpaired) electrons. The van der Waals surface area contributed by atoms with Gasteiger partial charge in [0, 0.05) is 12.3 Å². The third-order valence-corrected chi connectivity index (χ3v) is 2.75. The molecule has 21 heavy (non-hydrogen) atoms. The fourth-order valence-electron chi connectivity index (χ4n) is 1.61. The molecular formula is C12H12N2O6S. The second-order valence-electron chi connectivity index (χ2n) is 3.90. The van der Waals surface area contributed by atoms with E-state index >= 15 is 0 Å². The number of amides is 2. The molecule has 0 heterocycles. The molecule has 1 rings (SSSR count). The highest BCUT2D eigenvalue weighted by Gasteiger charge is 2.24. The number of carbonyl (C=O) groups excluding carboxylic acids is 2. The van der Waals surface area contributed by atoms with Crippen LogP contribution in [0.25, 0.3) is 0 Å². The Morgan fingerprint density at radius 1 is 1.00 bits per heavy atom. The van der Waals surface area contributed by atoms with Crippen LogP contribution < -0.4 is 11.1 Å². The number of aromatic carboxylic acids is 2. The molecule has 112 valence electrons. The van der Waals surface area contributed by atoms with E-state index in [1.807, 2.05) is 0 Å². The minimum Gasteiger partial charge on any atom is -0.478 e. The van der Waals surface area contributed by atoms with Gasteiger partial charge in [0.15, 0.2) is 0 Å². The second-order valence-corrected chi connectivity index (χ2v) is 4.34. The molecular weight excluding hydrogens is 300 g/mol. The predicted molar refractivity (Wildman–Crippen MR) is 75.1 cm³/mol. The van der Waals surface area contributed by atoms with Crippen LogP contribution in [0.4, 0.5) is 0 Å². The fraction of sp³-hybridized carbons (Fsp3) is 0.167. The molecule has 0 aliphatic rings. The zero-order valence-corrected chi connectivity index (χ0v) is 11.5. The maximum atomic E-state index is 11.9. The van der Waals surface area contributed by atoms with Gasteiger partial charge in [-0.1, -0.05) is 0 Å². The van der Waals surface area contributed by atoms with Crippen LogP contribution in [-0.2, 0) is 0 Å². The van der Waals surface area contributed by atoms with E-state index < -0.39 is 40.4 Å². The van der Waals surface area contributed by atoms with Crippen molar-refractivity contribution in [1.29, 1.82) is 0 Å². The van der Waals surface area contributed by atoms with Gasteiger partial charge in [-0.05, 0) is 12.1 Å². The highest BCUT2D eigenvalue weighted by Crippen LogP contribution is 2.18. The van der Waals surface area contributed by atoms with Crippen molar-refractivity contribution < 1.29 is 29.4 Å². The molecule has 0 aromatic heterocycles. The van der Waals surface area contributed by atoms with Crippen molar-refractivity contribution in [2.75, 3.05) is 12.3 Å². The third kappa shape index (κ3) is 3.72. The zero-order chi connectivity index (χ0) is 16.2. The van der Waals surface area contributed by atoms with E-state index in [-0.39, 0.29) is 12.1 Å². The van der Waals surface area contributed by atoms with Crippen molar-refractivity contribution in [3.63, 3.8) is 0 Å². The van der Waals surface area contributed by atoms with E-state index in [1.54, 1.807) is 0 Å². The molecule has 0 spiro atoms. The summed E-state index contributed by atoms with van der Waals surface area (Å²) in [5, 5.41) is 20.4. The van der Waals surface area contributed by atoms with Gasteiger partial charge in [0.1, 0.15) is 0 Å². The van der Waals surface area contributed by atoms with E-state index in [4.69, 9.17) is 15.9 Å². The number of carbonyl (C=O) groups is 4. The Labute approximate surface area is 124 Å². The zero-order valence-electron chi connectivity index (χ0n) is 10.6. The SMILES string of the molecule is NC(=O)c1cc(C(=O)NCCS)c(C(=O)O)cc1C(=O)O. The first kappa shape index (κ1) is 16.5. The number of carboxylic acid groups (broad SMARTS) is 2. The monoisotopic (exact) mass is 312 g/mol. The number of primary amides is 1. The lowest BCUT2D eigenvalue weighted by Gasteiger charge is -2.10. The second kappa shape index (κ2) is 6.75. The Morgan fingerprint density at radius 2 is 1.48 bits per heavy atom. The first-order valence-electron chi connectivity index (χ1n) is 5.63. The van der Waals surface area contributed by atoms with Crippen molar-refractivity contribution in [3.05, 3.63) is 34.4 Å². The molecule has 0 unspecified atom stereocenters. The van der Waals surface area contributed by atoms with E-state index in [0.717, 1.165) is 12.1 Å². The molecule has 9 heteroatoms. The average molecular weight is 312 g/mol. The summed E-state index contributed by atoms with van der Waals surface area (Å²) in [6.07, 6.45) is 0. The molecule has 1 aromatic carbocycles. The normalized spacial score (nSPS) is 9.95. The van der Waals surface area contributed by atoms with Gasteiger partial charge in [-0.25, -0.2) is 9.59 Å². The lowest BCUT2D eigenvalue weighted by atomic mass is 9.97. The summed E-state index contributed by atoms with van der Waals surface area (Å²) in [6, 6.07) is 1.60. The molecule has 0 bridgehead atoms. The first-order chi connectivity index (χ1) is 9.79. The van der Waals surface area contributed by atoms with Crippen LogP contribution in [0.2, 0.25) is 0 Å². The highest BCUT2D eigenvalue weighted by atomic mass is 32.1. The molecule has 0 aliphatic carbocycles. The summed E-state index contributed by atoms with van der Waals surface area (Å²) in [6.45, 7) is 0.174. The summed E-state index contributed by atoms with van der Waals surface area (Å²) in [4.78, 5) is 45.3. The fourth-order valence-corrected chi connectivity index (χ4v) is 1.72.